The van der Waals surface area contributed by atoms with Crippen LogP contribution in [0.4, 0.5) is 11.8 Å². The standard InChI is InChI=1S/C21H19N5O3S/c1-13-2-3-17-15(10-13)18(27)14(12-29-17)11-22-25-21-23-16-4-9-30-19(16)20(24-21)26-5-7-28-8-6-26/h2-4,9-12H,5-8H2,1H3,(H,23,24,25)/b22-11+. The Morgan fingerprint density at radius 1 is 1.23 bits per heavy atom. The van der Waals surface area contributed by atoms with Gasteiger partial charge in [0.05, 0.1) is 40.6 Å². The van der Waals surface area contributed by atoms with Crippen LogP contribution in [0.15, 0.2) is 50.2 Å². The van der Waals surface area contributed by atoms with Gasteiger partial charge in [-0.25, -0.2) is 10.4 Å². The summed E-state index contributed by atoms with van der Waals surface area (Å²) in [6.07, 6.45) is 2.84. The summed E-state index contributed by atoms with van der Waals surface area (Å²) in [5.74, 6) is 1.25. The SMILES string of the molecule is Cc1ccc2occ(/C=N/Nc3nc(N4CCOCC4)c4sccc4n3)c(=O)c2c1. The summed E-state index contributed by atoms with van der Waals surface area (Å²) in [4.78, 5) is 24.1. The Morgan fingerprint density at radius 3 is 2.97 bits per heavy atom. The molecule has 0 saturated carbocycles. The van der Waals surface area contributed by atoms with Crippen LogP contribution >= 0.6 is 11.3 Å². The Morgan fingerprint density at radius 2 is 2.10 bits per heavy atom. The molecule has 0 radical (unpaired) electrons. The predicted molar refractivity (Wildman–Crippen MR) is 119 cm³/mol. The lowest BCUT2D eigenvalue weighted by Crippen LogP contribution is -2.36. The minimum atomic E-state index is -0.131. The number of hydrogen-bond donors (Lipinski definition) is 1. The highest BCUT2D eigenvalue weighted by Crippen LogP contribution is 2.30. The van der Waals surface area contributed by atoms with Crippen LogP contribution in [-0.4, -0.2) is 42.5 Å². The molecule has 3 aromatic heterocycles. The van der Waals surface area contributed by atoms with Crippen LogP contribution in [0.5, 0.6) is 0 Å². The average molecular weight is 421 g/mol. The van der Waals surface area contributed by atoms with Gasteiger partial charge in [-0.15, -0.1) is 11.3 Å². The quantitative estimate of drug-likeness (QED) is 0.399. The molecule has 0 spiro atoms. The molecular formula is C21H19N5O3S. The Bertz CT molecular complexity index is 1310. The second-order valence-electron chi connectivity index (χ2n) is 6.99. The first kappa shape index (κ1) is 18.7. The van der Waals surface area contributed by atoms with Crippen LogP contribution < -0.4 is 15.8 Å². The molecule has 0 atom stereocenters. The van der Waals surface area contributed by atoms with Crippen LogP contribution in [-0.2, 0) is 4.74 Å². The number of aromatic nitrogens is 2. The lowest BCUT2D eigenvalue weighted by Gasteiger charge is -2.28. The van der Waals surface area contributed by atoms with Gasteiger partial charge in [-0.05, 0) is 30.5 Å². The van der Waals surface area contributed by atoms with Crippen LogP contribution in [0.2, 0.25) is 0 Å². The van der Waals surface area contributed by atoms with E-state index >= 15 is 0 Å². The van der Waals surface area contributed by atoms with E-state index in [9.17, 15) is 4.79 Å². The van der Waals surface area contributed by atoms with E-state index in [4.69, 9.17) is 9.15 Å². The summed E-state index contributed by atoms with van der Waals surface area (Å²) in [5, 5.41) is 6.71. The van der Waals surface area contributed by atoms with Gasteiger partial charge < -0.3 is 14.1 Å². The molecule has 30 heavy (non-hydrogen) atoms. The molecule has 1 aliphatic rings. The minimum Gasteiger partial charge on any atom is -0.463 e. The predicted octanol–water partition coefficient (Wildman–Crippen LogP) is 3.39. The monoisotopic (exact) mass is 421 g/mol. The van der Waals surface area contributed by atoms with Crippen molar-refractivity contribution in [3.8, 4) is 0 Å². The Balaban J connectivity index is 1.44. The van der Waals surface area contributed by atoms with Gasteiger partial charge in [0, 0.05) is 13.1 Å². The van der Waals surface area contributed by atoms with Crippen molar-refractivity contribution in [1.29, 1.82) is 0 Å². The highest BCUT2D eigenvalue weighted by molar-refractivity contribution is 7.17. The number of morpholine rings is 1. The van der Waals surface area contributed by atoms with E-state index in [2.05, 4.69) is 25.4 Å². The summed E-state index contributed by atoms with van der Waals surface area (Å²) in [6.45, 7) is 4.85. The van der Waals surface area contributed by atoms with Gasteiger partial charge in [0.2, 0.25) is 11.4 Å². The molecule has 1 N–H and O–H groups in total. The normalized spacial score (nSPS) is 14.8. The summed E-state index contributed by atoms with van der Waals surface area (Å²) < 4.78 is 12.0. The number of ether oxygens (including phenoxy) is 1. The number of anilines is 2. The molecule has 4 heterocycles. The van der Waals surface area contributed by atoms with Crippen molar-refractivity contribution >= 4 is 50.5 Å². The van der Waals surface area contributed by atoms with Gasteiger partial charge >= 0.3 is 0 Å². The molecule has 0 unspecified atom stereocenters. The maximum absolute atomic E-state index is 12.7. The maximum Gasteiger partial charge on any atom is 0.246 e. The van der Waals surface area contributed by atoms with E-state index in [0.29, 0.717) is 35.7 Å². The third-order valence-corrected chi connectivity index (χ3v) is 5.82. The molecule has 1 aliphatic heterocycles. The van der Waals surface area contributed by atoms with E-state index in [-0.39, 0.29) is 5.43 Å². The second-order valence-corrected chi connectivity index (χ2v) is 7.91. The fourth-order valence-electron chi connectivity index (χ4n) is 3.40. The number of nitrogens with zero attached hydrogens (tertiary/aromatic N) is 4. The molecule has 1 fully saturated rings. The number of aryl methyl sites for hydroxylation is 1. The number of fused-ring (bicyclic) bond motifs is 2. The Labute approximate surface area is 175 Å². The molecule has 0 amide bonds. The molecule has 5 rings (SSSR count). The van der Waals surface area contributed by atoms with Gasteiger partial charge in [-0.3, -0.25) is 4.79 Å². The topological polar surface area (TPSA) is 92.8 Å². The Kier molecular flexibility index (Phi) is 4.89. The van der Waals surface area contributed by atoms with E-state index < -0.39 is 0 Å². The van der Waals surface area contributed by atoms with Crippen molar-refractivity contribution in [3.63, 3.8) is 0 Å². The second kappa shape index (κ2) is 7.85. The fourth-order valence-corrected chi connectivity index (χ4v) is 4.24. The van der Waals surface area contributed by atoms with Crippen LogP contribution in [0.25, 0.3) is 21.2 Å². The first-order valence-electron chi connectivity index (χ1n) is 9.58. The fraction of sp³-hybridized carbons (Fsp3) is 0.238. The number of benzene rings is 1. The summed E-state index contributed by atoms with van der Waals surface area (Å²) in [7, 11) is 0. The first-order valence-corrected chi connectivity index (χ1v) is 10.5. The van der Waals surface area contributed by atoms with E-state index in [1.165, 1.54) is 12.5 Å². The largest absolute Gasteiger partial charge is 0.463 e. The third-order valence-electron chi connectivity index (χ3n) is 4.92. The molecule has 0 aliphatic carbocycles. The molecule has 1 saturated heterocycles. The third kappa shape index (κ3) is 3.53. The lowest BCUT2D eigenvalue weighted by molar-refractivity contribution is 0.122. The average Bonchev–Trinajstić information content (AvgIpc) is 3.24. The van der Waals surface area contributed by atoms with Crippen LogP contribution in [0.3, 0.4) is 0 Å². The van der Waals surface area contributed by atoms with Crippen molar-refractivity contribution in [1.82, 2.24) is 9.97 Å². The highest BCUT2D eigenvalue weighted by atomic mass is 32.1. The van der Waals surface area contributed by atoms with Gasteiger partial charge in [-0.2, -0.15) is 10.1 Å². The van der Waals surface area contributed by atoms with E-state index in [1.807, 2.05) is 30.5 Å². The summed E-state index contributed by atoms with van der Waals surface area (Å²) >= 11 is 1.61. The molecule has 1 aromatic carbocycles. The van der Waals surface area contributed by atoms with Gasteiger partial charge in [-0.1, -0.05) is 11.6 Å². The van der Waals surface area contributed by atoms with Gasteiger partial charge in [0.1, 0.15) is 11.8 Å². The summed E-state index contributed by atoms with van der Waals surface area (Å²) in [6, 6.07) is 7.47. The van der Waals surface area contributed by atoms with E-state index in [0.717, 1.165) is 34.7 Å². The number of hydrazone groups is 1. The maximum atomic E-state index is 12.7. The number of hydrogen-bond acceptors (Lipinski definition) is 9. The zero-order chi connectivity index (χ0) is 20.5. The molecular weight excluding hydrogens is 402 g/mol. The lowest BCUT2D eigenvalue weighted by atomic mass is 10.1. The van der Waals surface area contributed by atoms with Crippen LogP contribution in [0, 0.1) is 6.92 Å². The number of thiophene rings is 1. The van der Waals surface area contributed by atoms with Crippen LogP contribution in [0.1, 0.15) is 11.1 Å². The van der Waals surface area contributed by atoms with Crippen molar-refractivity contribution in [2.45, 2.75) is 6.92 Å². The number of nitrogens with one attached hydrogen (secondary N) is 1. The highest BCUT2D eigenvalue weighted by Gasteiger charge is 2.18. The van der Waals surface area contributed by atoms with Crippen molar-refractivity contribution in [2.24, 2.45) is 5.10 Å². The minimum absolute atomic E-state index is 0.131. The summed E-state index contributed by atoms with van der Waals surface area (Å²) in [5.41, 5.74) is 5.48. The van der Waals surface area contributed by atoms with E-state index in [1.54, 1.807) is 17.4 Å². The first-order chi connectivity index (χ1) is 14.7. The molecule has 4 aromatic rings. The molecule has 9 heteroatoms. The smallest absolute Gasteiger partial charge is 0.246 e. The zero-order valence-electron chi connectivity index (χ0n) is 16.3. The van der Waals surface area contributed by atoms with Crippen molar-refractivity contribution in [2.75, 3.05) is 36.6 Å². The molecule has 152 valence electrons. The van der Waals surface area contributed by atoms with Crippen molar-refractivity contribution < 1.29 is 9.15 Å². The molecule has 0 bridgehead atoms. The zero-order valence-corrected chi connectivity index (χ0v) is 17.1. The van der Waals surface area contributed by atoms with Crippen molar-refractivity contribution in [3.05, 3.63) is 57.3 Å². The van der Waals surface area contributed by atoms with Gasteiger partial charge in [0.15, 0.2) is 5.82 Å². The molecule has 8 nitrogen and oxygen atoms in total. The van der Waals surface area contributed by atoms with Gasteiger partial charge in [0.25, 0.3) is 0 Å². The Hall–Kier alpha value is -3.30. The number of rotatable bonds is 4.